The molecule has 1 aromatic heterocycles. The van der Waals surface area contributed by atoms with E-state index in [4.69, 9.17) is 0 Å². The molecule has 1 atom stereocenters. The number of nitrogens with one attached hydrogen (secondary N) is 1. The summed E-state index contributed by atoms with van der Waals surface area (Å²) in [7, 11) is 0. The van der Waals surface area contributed by atoms with Gasteiger partial charge in [-0.3, -0.25) is 4.79 Å². The molecule has 17 heavy (non-hydrogen) atoms. The highest BCUT2D eigenvalue weighted by Gasteiger charge is 2.31. The fourth-order valence-corrected chi connectivity index (χ4v) is 2.12. The number of carbonyl (C=O) groups excluding carboxylic acids is 1. The molecular weight excluding hydrogens is 218 g/mol. The van der Waals surface area contributed by atoms with Crippen LogP contribution in [0.3, 0.4) is 0 Å². The maximum atomic E-state index is 12.3. The highest BCUT2D eigenvalue weighted by atomic mass is 16.2. The Kier molecular flexibility index (Phi) is 3.15. The number of rotatable bonds is 2. The molecule has 94 valence electrons. The topological polar surface area (TPSA) is 63.1 Å². The van der Waals surface area contributed by atoms with Crippen LogP contribution in [0.4, 0.5) is 0 Å². The van der Waals surface area contributed by atoms with Crippen LogP contribution >= 0.6 is 0 Å². The largest absolute Gasteiger partial charge is 0.338 e. The Bertz CT molecular complexity index is 387. The van der Waals surface area contributed by atoms with Crippen LogP contribution in [0.25, 0.3) is 0 Å². The van der Waals surface area contributed by atoms with Crippen LogP contribution < -0.4 is 5.32 Å². The van der Waals surface area contributed by atoms with Crippen molar-refractivity contribution in [3.8, 4) is 0 Å². The van der Waals surface area contributed by atoms with Gasteiger partial charge in [-0.25, -0.2) is 9.67 Å². The lowest BCUT2D eigenvalue weighted by Gasteiger charge is -2.40. The molecule has 6 heteroatoms. The van der Waals surface area contributed by atoms with Gasteiger partial charge in [0.05, 0.1) is 0 Å². The summed E-state index contributed by atoms with van der Waals surface area (Å²) in [6, 6.07) is -0.286. The molecule has 0 spiro atoms. The van der Waals surface area contributed by atoms with Gasteiger partial charge in [0.15, 0.2) is 0 Å². The summed E-state index contributed by atoms with van der Waals surface area (Å²) in [5.41, 5.74) is -0.0179. The van der Waals surface area contributed by atoms with Gasteiger partial charge in [0, 0.05) is 25.2 Å². The number of carbonyl (C=O) groups is 1. The van der Waals surface area contributed by atoms with Gasteiger partial charge in [-0.15, -0.1) is 0 Å². The lowest BCUT2D eigenvalue weighted by atomic mass is 10.0. The van der Waals surface area contributed by atoms with E-state index in [0.29, 0.717) is 0 Å². The molecular formula is C11H19N5O. The molecule has 1 saturated heterocycles. The van der Waals surface area contributed by atoms with E-state index < -0.39 is 0 Å². The third-order valence-corrected chi connectivity index (χ3v) is 3.07. The van der Waals surface area contributed by atoms with Crippen molar-refractivity contribution >= 4 is 5.91 Å². The van der Waals surface area contributed by atoms with E-state index in [-0.39, 0.29) is 17.5 Å². The standard InChI is InChI=1S/C11H19N5O/c1-9(16-8-12-7-14-16)10(17)15-5-4-13-11(2,3)6-15/h7-9,13H,4-6H2,1-3H3. The Morgan fingerprint density at radius 1 is 1.53 bits per heavy atom. The van der Waals surface area contributed by atoms with Crippen molar-refractivity contribution in [1.82, 2.24) is 25.0 Å². The van der Waals surface area contributed by atoms with Gasteiger partial charge in [-0.05, 0) is 20.8 Å². The van der Waals surface area contributed by atoms with Gasteiger partial charge in [0.2, 0.25) is 5.91 Å². The molecule has 1 unspecified atom stereocenters. The molecule has 2 rings (SSSR count). The molecule has 0 bridgehead atoms. The minimum atomic E-state index is -0.286. The van der Waals surface area contributed by atoms with Crippen molar-refractivity contribution in [3.63, 3.8) is 0 Å². The molecule has 1 amide bonds. The Morgan fingerprint density at radius 3 is 2.88 bits per heavy atom. The van der Waals surface area contributed by atoms with E-state index in [2.05, 4.69) is 29.2 Å². The normalized spacial score (nSPS) is 21.2. The number of piperazine rings is 1. The summed E-state index contributed by atoms with van der Waals surface area (Å²) in [6.45, 7) is 8.38. The highest BCUT2D eigenvalue weighted by Crippen LogP contribution is 2.15. The van der Waals surface area contributed by atoms with Gasteiger partial charge in [0.25, 0.3) is 0 Å². The fourth-order valence-electron chi connectivity index (χ4n) is 2.12. The van der Waals surface area contributed by atoms with E-state index in [1.54, 1.807) is 11.0 Å². The summed E-state index contributed by atoms with van der Waals surface area (Å²) in [5, 5.41) is 7.40. The second-order valence-corrected chi connectivity index (χ2v) is 5.12. The molecule has 0 saturated carbocycles. The lowest BCUT2D eigenvalue weighted by molar-refractivity contribution is -0.136. The molecule has 0 radical (unpaired) electrons. The van der Waals surface area contributed by atoms with Crippen LogP contribution in [0.2, 0.25) is 0 Å². The summed E-state index contributed by atoms with van der Waals surface area (Å²) in [6.07, 6.45) is 3.03. The van der Waals surface area contributed by atoms with E-state index in [1.165, 1.54) is 6.33 Å². The predicted molar refractivity (Wildman–Crippen MR) is 63.4 cm³/mol. The van der Waals surface area contributed by atoms with Gasteiger partial charge < -0.3 is 10.2 Å². The minimum absolute atomic E-state index is 0.0179. The number of hydrogen-bond donors (Lipinski definition) is 1. The zero-order valence-corrected chi connectivity index (χ0v) is 10.6. The van der Waals surface area contributed by atoms with Gasteiger partial charge in [-0.2, -0.15) is 5.10 Å². The summed E-state index contributed by atoms with van der Waals surface area (Å²) in [4.78, 5) is 18.1. The van der Waals surface area contributed by atoms with Gasteiger partial charge >= 0.3 is 0 Å². The van der Waals surface area contributed by atoms with Crippen LogP contribution in [0.5, 0.6) is 0 Å². The van der Waals surface area contributed by atoms with Crippen molar-refractivity contribution < 1.29 is 4.79 Å². The van der Waals surface area contributed by atoms with Crippen LogP contribution in [0, 0.1) is 0 Å². The number of amides is 1. The predicted octanol–water partition coefficient (Wildman–Crippen LogP) is 0.0495. The van der Waals surface area contributed by atoms with Crippen LogP contribution in [-0.2, 0) is 4.79 Å². The zero-order chi connectivity index (χ0) is 12.5. The highest BCUT2D eigenvalue weighted by molar-refractivity contribution is 5.80. The molecule has 1 fully saturated rings. The van der Waals surface area contributed by atoms with E-state index in [0.717, 1.165) is 19.6 Å². The van der Waals surface area contributed by atoms with Crippen molar-refractivity contribution in [1.29, 1.82) is 0 Å². The Balaban J connectivity index is 2.05. The zero-order valence-electron chi connectivity index (χ0n) is 10.6. The third-order valence-electron chi connectivity index (χ3n) is 3.07. The van der Waals surface area contributed by atoms with Crippen molar-refractivity contribution in [2.24, 2.45) is 0 Å². The smallest absolute Gasteiger partial charge is 0.247 e. The van der Waals surface area contributed by atoms with Crippen LogP contribution in [0.1, 0.15) is 26.8 Å². The first-order valence-electron chi connectivity index (χ1n) is 5.87. The van der Waals surface area contributed by atoms with Gasteiger partial charge in [-0.1, -0.05) is 0 Å². The first kappa shape index (κ1) is 12.0. The van der Waals surface area contributed by atoms with E-state index >= 15 is 0 Å². The first-order valence-corrected chi connectivity index (χ1v) is 5.87. The average Bonchev–Trinajstić information content (AvgIpc) is 2.79. The number of aromatic nitrogens is 3. The van der Waals surface area contributed by atoms with Crippen molar-refractivity contribution in [2.75, 3.05) is 19.6 Å². The molecule has 1 aliphatic rings. The monoisotopic (exact) mass is 237 g/mol. The van der Waals surface area contributed by atoms with Gasteiger partial charge in [0.1, 0.15) is 18.7 Å². The van der Waals surface area contributed by atoms with Crippen LogP contribution in [0.15, 0.2) is 12.7 Å². The second-order valence-electron chi connectivity index (χ2n) is 5.12. The molecule has 2 heterocycles. The van der Waals surface area contributed by atoms with Crippen LogP contribution in [-0.4, -0.2) is 50.7 Å². The van der Waals surface area contributed by atoms with Crippen molar-refractivity contribution in [2.45, 2.75) is 32.4 Å². The maximum Gasteiger partial charge on any atom is 0.247 e. The Morgan fingerprint density at radius 2 is 2.29 bits per heavy atom. The quantitative estimate of drug-likeness (QED) is 0.789. The number of nitrogens with zero attached hydrogens (tertiary/aromatic N) is 4. The molecule has 0 aromatic carbocycles. The molecule has 0 aliphatic carbocycles. The number of hydrogen-bond acceptors (Lipinski definition) is 4. The molecule has 1 aromatic rings. The summed E-state index contributed by atoms with van der Waals surface area (Å²) >= 11 is 0. The Labute approximate surface area is 101 Å². The molecule has 6 nitrogen and oxygen atoms in total. The SMILES string of the molecule is CC(C(=O)N1CCNC(C)(C)C1)n1cncn1. The molecule has 1 aliphatic heterocycles. The molecule has 1 N–H and O–H groups in total. The lowest BCUT2D eigenvalue weighted by Crippen LogP contribution is -2.59. The first-order chi connectivity index (χ1) is 7.99. The average molecular weight is 237 g/mol. The van der Waals surface area contributed by atoms with E-state index in [9.17, 15) is 4.79 Å². The third kappa shape index (κ3) is 2.63. The fraction of sp³-hybridized carbons (Fsp3) is 0.727. The minimum Gasteiger partial charge on any atom is -0.338 e. The van der Waals surface area contributed by atoms with Crippen molar-refractivity contribution in [3.05, 3.63) is 12.7 Å². The maximum absolute atomic E-state index is 12.3. The Hall–Kier alpha value is -1.43. The summed E-state index contributed by atoms with van der Waals surface area (Å²) < 4.78 is 1.59. The van der Waals surface area contributed by atoms with E-state index in [1.807, 2.05) is 11.8 Å². The second kappa shape index (κ2) is 4.44. The summed E-state index contributed by atoms with van der Waals surface area (Å²) in [5.74, 6) is 0.102.